The first-order chi connectivity index (χ1) is 6.50. The lowest BCUT2D eigenvalue weighted by atomic mass is 10.1. The van der Waals surface area contributed by atoms with Gasteiger partial charge in [0.15, 0.2) is 0 Å². The fourth-order valence-electron chi connectivity index (χ4n) is 1.99. The Morgan fingerprint density at radius 3 is 2.79 bits per heavy atom. The molecule has 0 saturated carbocycles. The molecule has 2 rings (SSSR count). The van der Waals surface area contributed by atoms with Gasteiger partial charge in [-0.1, -0.05) is 0 Å². The smallest absolute Gasteiger partial charge is 0.129 e. The van der Waals surface area contributed by atoms with Crippen LogP contribution in [0.15, 0.2) is 4.60 Å². The van der Waals surface area contributed by atoms with Crippen LogP contribution in [0.25, 0.3) is 0 Å². The van der Waals surface area contributed by atoms with Gasteiger partial charge in [0.1, 0.15) is 10.4 Å². The predicted octanol–water partition coefficient (Wildman–Crippen LogP) is 2.18. The van der Waals surface area contributed by atoms with E-state index in [1.54, 1.807) is 0 Å². The van der Waals surface area contributed by atoms with E-state index in [9.17, 15) is 0 Å². The molecule has 0 aromatic carbocycles. The van der Waals surface area contributed by atoms with E-state index in [4.69, 9.17) is 5.73 Å². The average Bonchev–Trinajstić information content (AvgIpc) is 2.44. The summed E-state index contributed by atoms with van der Waals surface area (Å²) in [7, 11) is 0. The van der Waals surface area contributed by atoms with E-state index in [2.05, 4.69) is 25.5 Å². The molecule has 78 valence electrons. The monoisotopic (exact) mass is 257 g/mol. The quantitative estimate of drug-likeness (QED) is 0.839. The van der Waals surface area contributed by atoms with Crippen molar-refractivity contribution in [1.82, 2.24) is 9.55 Å². The van der Waals surface area contributed by atoms with E-state index in [1.807, 2.05) is 13.8 Å². The third-order valence-electron chi connectivity index (χ3n) is 2.65. The first-order valence-electron chi connectivity index (χ1n) is 5.04. The fraction of sp³-hybridized carbons (Fsp3) is 0.700. The molecule has 1 aromatic rings. The molecule has 14 heavy (non-hydrogen) atoms. The summed E-state index contributed by atoms with van der Waals surface area (Å²) in [6, 6.07) is 0. The van der Waals surface area contributed by atoms with Gasteiger partial charge in [0.2, 0.25) is 0 Å². The maximum Gasteiger partial charge on any atom is 0.129 e. The molecule has 4 heteroatoms. The minimum Gasteiger partial charge on any atom is -0.329 e. The Bertz CT molecular complexity index is 349. The summed E-state index contributed by atoms with van der Waals surface area (Å²) in [4.78, 5) is 4.52. The lowest BCUT2D eigenvalue weighted by Gasteiger charge is -2.23. The highest BCUT2D eigenvalue weighted by atomic mass is 79.9. The van der Waals surface area contributed by atoms with Crippen molar-refractivity contribution in [2.75, 3.05) is 0 Å². The van der Waals surface area contributed by atoms with Gasteiger partial charge in [-0.05, 0) is 49.0 Å². The van der Waals surface area contributed by atoms with E-state index in [0.29, 0.717) is 0 Å². The van der Waals surface area contributed by atoms with Gasteiger partial charge >= 0.3 is 0 Å². The number of nitrogens with zero attached hydrogens (tertiary/aromatic N) is 2. The summed E-state index contributed by atoms with van der Waals surface area (Å²) >= 11 is 3.51. The van der Waals surface area contributed by atoms with Crippen LogP contribution in [-0.4, -0.2) is 9.55 Å². The normalized spacial score (nSPS) is 16.9. The highest BCUT2D eigenvalue weighted by Crippen LogP contribution is 2.28. The second-order valence-electron chi connectivity index (χ2n) is 4.50. The van der Waals surface area contributed by atoms with Crippen molar-refractivity contribution in [2.45, 2.75) is 45.2 Å². The third-order valence-corrected chi connectivity index (χ3v) is 3.28. The summed E-state index contributed by atoms with van der Waals surface area (Å²) in [5.74, 6) is 0.999. The molecule has 0 radical (unpaired) electrons. The Labute approximate surface area is 92.8 Å². The lowest BCUT2D eigenvalue weighted by Crippen LogP contribution is -2.33. The molecular weight excluding hydrogens is 242 g/mol. The zero-order valence-electron chi connectivity index (χ0n) is 8.68. The van der Waals surface area contributed by atoms with Gasteiger partial charge in [-0.15, -0.1) is 0 Å². The molecule has 2 heterocycles. The van der Waals surface area contributed by atoms with Crippen molar-refractivity contribution >= 4 is 15.9 Å². The zero-order chi connectivity index (χ0) is 10.3. The Morgan fingerprint density at radius 1 is 1.43 bits per heavy atom. The topological polar surface area (TPSA) is 43.8 Å². The molecule has 0 aliphatic carbocycles. The van der Waals surface area contributed by atoms with Gasteiger partial charge in [-0.2, -0.15) is 0 Å². The number of halogens is 1. The van der Waals surface area contributed by atoms with Crippen LogP contribution in [0, 0.1) is 0 Å². The van der Waals surface area contributed by atoms with Crippen LogP contribution in [-0.2, 0) is 18.5 Å². The number of hydrogen-bond acceptors (Lipinski definition) is 2. The molecule has 3 nitrogen and oxygen atoms in total. The van der Waals surface area contributed by atoms with E-state index in [-0.39, 0.29) is 5.54 Å². The lowest BCUT2D eigenvalue weighted by molar-refractivity contribution is 0.439. The number of fused-ring (bicyclic) bond motifs is 1. The zero-order valence-corrected chi connectivity index (χ0v) is 10.3. The van der Waals surface area contributed by atoms with Crippen molar-refractivity contribution in [1.29, 1.82) is 0 Å². The highest BCUT2D eigenvalue weighted by Gasteiger charge is 2.26. The average molecular weight is 258 g/mol. The SMILES string of the molecule is CC(C)(N)c1nc(Br)c2n1CCCC2. The summed E-state index contributed by atoms with van der Waals surface area (Å²) < 4.78 is 3.25. The summed E-state index contributed by atoms with van der Waals surface area (Å²) in [6.07, 6.45) is 3.61. The van der Waals surface area contributed by atoms with Crippen LogP contribution >= 0.6 is 15.9 Å². The van der Waals surface area contributed by atoms with Gasteiger partial charge in [0.25, 0.3) is 0 Å². The van der Waals surface area contributed by atoms with Crippen molar-refractivity contribution in [3.8, 4) is 0 Å². The van der Waals surface area contributed by atoms with Gasteiger partial charge in [-0.3, -0.25) is 0 Å². The van der Waals surface area contributed by atoms with Crippen LogP contribution in [0.1, 0.15) is 38.2 Å². The van der Waals surface area contributed by atoms with Crippen LogP contribution in [0.2, 0.25) is 0 Å². The van der Waals surface area contributed by atoms with Crippen LogP contribution in [0.3, 0.4) is 0 Å². The molecule has 0 unspecified atom stereocenters. The minimum atomic E-state index is -0.349. The van der Waals surface area contributed by atoms with Crippen molar-refractivity contribution < 1.29 is 0 Å². The number of aromatic nitrogens is 2. The summed E-state index contributed by atoms with van der Waals surface area (Å²) in [6.45, 7) is 5.07. The number of rotatable bonds is 1. The molecule has 1 aromatic heterocycles. The van der Waals surface area contributed by atoms with Crippen molar-refractivity contribution in [3.63, 3.8) is 0 Å². The Morgan fingerprint density at radius 2 is 2.14 bits per heavy atom. The van der Waals surface area contributed by atoms with Gasteiger partial charge < -0.3 is 10.3 Å². The first kappa shape index (κ1) is 10.2. The molecule has 0 saturated heterocycles. The minimum absolute atomic E-state index is 0.349. The van der Waals surface area contributed by atoms with Crippen LogP contribution < -0.4 is 5.73 Å². The fourth-order valence-corrected chi connectivity index (χ4v) is 2.57. The molecule has 1 aliphatic rings. The molecule has 2 N–H and O–H groups in total. The molecular formula is C10H16BrN3. The number of imidazole rings is 1. The largest absolute Gasteiger partial charge is 0.329 e. The summed E-state index contributed by atoms with van der Waals surface area (Å²) in [5, 5.41) is 0. The van der Waals surface area contributed by atoms with Crippen LogP contribution in [0.4, 0.5) is 0 Å². The van der Waals surface area contributed by atoms with E-state index in [1.165, 1.54) is 18.5 Å². The Hall–Kier alpha value is -0.350. The van der Waals surface area contributed by atoms with Crippen molar-refractivity contribution in [3.05, 3.63) is 16.1 Å². The molecule has 1 aliphatic heterocycles. The standard InChI is InChI=1S/C10H16BrN3/c1-10(2,12)9-13-8(11)7-5-3-4-6-14(7)9/h3-6,12H2,1-2H3. The maximum atomic E-state index is 6.09. The number of nitrogens with two attached hydrogens (primary N) is 1. The summed E-state index contributed by atoms with van der Waals surface area (Å²) in [5.41, 5.74) is 7.05. The molecule has 0 spiro atoms. The second-order valence-corrected chi connectivity index (χ2v) is 5.25. The van der Waals surface area contributed by atoms with Crippen LogP contribution in [0.5, 0.6) is 0 Å². The molecule has 0 atom stereocenters. The van der Waals surface area contributed by atoms with Gasteiger partial charge in [0.05, 0.1) is 11.2 Å². The Balaban J connectivity index is 2.52. The van der Waals surface area contributed by atoms with Crippen molar-refractivity contribution in [2.24, 2.45) is 5.73 Å². The van der Waals surface area contributed by atoms with E-state index >= 15 is 0 Å². The second kappa shape index (κ2) is 3.35. The molecule has 0 fully saturated rings. The Kier molecular flexibility index (Phi) is 2.43. The van der Waals surface area contributed by atoms with Gasteiger partial charge in [0, 0.05) is 6.54 Å². The first-order valence-corrected chi connectivity index (χ1v) is 5.83. The highest BCUT2D eigenvalue weighted by molar-refractivity contribution is 9.10. The third kappa shape index (κ3) is 1.61. The predicted molar refractivity (Wildman–Crippen MR) is 60.1 cm³/mol. The maximum absolute atomic E-state index is 6.09. The number of hydrogen-bond donors (Lipinski definition) is 1. The van der Waals surface area contributed by atoms with E-state index < -0.39 is 0 Å². The van der Waals surface area contributed by atoms with E-state index in [0.717, 1.165) is 23.4 Å². The molecule has 0 bridgehead atoms. The van der Waals surface area contributed by atoms with Gasteiger partial charge in [-0.25, -0.2) is 4.98 Å². The molecule has 0 amide bonds.